The first kappa shape index (κ1) is 24.7. The third-order valence-corrected chi connectivity index (χ3v) is 5.74. The average Bonchev–Trinajstić information content (AvgIpc) is 3.53. The largest absolute Gasteiger partial charge is 0.455 e. The van der Waals surface area contributed by atoms with Crippen LogP contribution in [0.2, 0.25) is 15.1 Å². The summed E-state index contributed by atoms with van der Waals surface area (Å²) in [7, 11) is 1.71. The summed E-state index contributed by atoms with van der Waals surface area (Å²) in [6, 6.07) is 19.3. The van der Waals surface area contributed by atoms with Crippen molar-refractivity contribution in [2.75, 3.05) is 0 Å². The highest BCUT2D eigenvalue weighted by Gasteiger charge is 2.18. The van der Waals surface area contributed by atoms with E-state index in [-0.39, 0.29) is 18.4 Å². The molecule has 0 amide bonds. The molecule has 0 saturated carbocycles. The van der Waals surface area contributed by atoms with Crippen LogP contribution in [-0.4, -0.2) is 36.1 Å². The van der Waals surface area contributed by atoms with Gasteiger partial charge in [0, 0.05) is 28.7 Å². The molecule has 37 heavy (non-hydrogen) atoms. The number of ether oxygens (including phenoxy) is 1. The van der Waals surface area contributed by atoms with Gasteiger partial charge in [0.25, 0.3) is 11.8 Å². The van der Waals surface area contributed by atoms with Gasteiger partial charge < -0.3 is 14.0 Å². The van der Waals surface area contributed by atoms with Crippen molar-refractivity contribution in [3.8, 4) is 23.0 Å². The first-order valence-electron chi connectivity index (χ1n) is 10.7. The van der Waals surface area contributed by atoms with Crippen molar-refractivity contribution in [1.29, 1.82) is 0 Å². The van der Waals surface area contributed by atoms with Crippen molar-refractivity contribution in [2.45, 2.75) is 6.61 Å². The van der Waals surface area contributed by atoms with E-state index in [0.717, 1.165) is 5.56 Å². The lowest BCUT2D eigenvalue weighted by atomic mass is 10.1. The van der Waals surface area contributed by atoms with Gasteiger partial charge in [-0.1, -0.05) is 70.3 Å². The van der Waals surface area contributed by atoms with E-state index >= 15 is 0 Å². The Balaban J connectivity index is 1.37. The van der Waals surface area contributed by atoms with Gasteiger partial charge in [-0.25, -0.2) is 4.68 Å². The highest BCUT2D eigenvalue weighted by molar-refractivity contribution is 6.35. The van der Waals surface area contributed by atoms with Crippen LogP contribution < -0.4 is 4.74 Å². The minimum atomic E-state index is -0.0958. The molecule has 0 bridgehead atoms. The van der Waals surface area contributed by atoms with E-state index in [1.807, 2.05) is 30.3 Å². The Labute approximate surface area is 225 Å². The molecule has 2 aromatic heterocycles. The second kappa shape index (κ2) is 11.0. The molecule has 5 rings (SSSR count). The molecule has 0 N–H and O–H groups in total. The zero-order valence-corrected chi connectivity index (χ0v) is 21.3. The molecule has 0 spiro atoms. The predicted octanol–water partition coefficient (Wildman–Crippen LogP) is 5.98. The molecule has 3 aromatic carbocycles. The van der Waals surface area contributed by atoms with Gasteiger partial charge in [0.1, 0.15) is 11.5 Å². The Bertz CT molecular complexity index is 1570. The monoisotopic (exact) mass is 555 g/mol. The van der Waals surface area contributed by atoms with Crippen LogP contribution in [0.1, 0.15) is 17.3 Å². The van der Waals surface area contributed by atoms with E-state index in [0.29, 0.717) is 43.7 Å². The Morgan fingerprint density at radius 3 is 2.46 bits per heavy atom. The highest BCUT2D eigenvalue weighted by atomic mass is 35.5. The number of hydrogen-bond donors (Lipinski definition) is 0. The lowest BCUT2D eigenvalue weighted by molar-refractivity contribution is 0.111. The fourth-order valence-corrected chi connectivity index (χ4v) is 3.86. The van der Waals surface area contributed by atoms with Gasteiger partial charge in [-0.3, -0.25) is 0 Å². The lowest BCUT2D eigenvalue weighted by Crippen LogP contribution is -2.12. The van der Waals surface area contributed by atoms with E-state index in [1.165, 1.54) is 4.68 Å². The molecule has 0 aliphatic carbocycles. The van der Waals surface area contributed by atoms with Crippen LogP contribution in [-0.2, 0) is 18.5 Å². The number of halogens is 3. The summed E-state index contributed by atoms with van der Waals surface area (Å²) in [6.45, 7) is -0.0958. The summed E-state index contributed by atoms with van der Waals surface area (Å²) in [5.74, 6) is 1.57. The number of oxime groups is 1. The first-order valence-corrected chi connectivity index (χ1v) is 11.8. The Hall–Kier alpha value is -3.99. The zero-order valence-electron chi connectivity index (χ0n) is 19.0. The second-order valence-corrected chi connectivity index (χ2v) is 8.80. The van der Waals surface area contributed by atoms with Gasteiger partial charge in [0.05, 0.1) is 10.6 Å². The Kier molecular flexibility index (Phi) is 7.31. The summed E-state index contributed by atoms with van der Waals surface area (Å²) >= 11 is 18.4. The summed E-state index contributed by atoms with van der Waals surface area (Å²) in [4.78, 5) is 5.54. The number of nitrogens with zero attached hydrogens (tertiary/aromatic N) is 7. The molecule has 0 atom stereocenters. The van der Waals surface area contributed by atoms with Crippen LogP contribution in [0.15, 0.2) is 76.3 Å². The van der Waals surface area contributed by atoms with Gasteiger partial charge in [-0.05, 0) is 40.8 Å². The van der Waals surface area contributed by atoms with Crippen molar-refractivity contribution in [3.05, 3.63) is 99.1 Å². The fraction of sp³-hybridized carbons (Fsp3) is 0.0833. The van der Waals surface area contributed by atoms with Gasteiger partial charge in [-0.2, -0.15) is 0 Å². The molecule has 0 unspecified atom stereocenters. The molecule has 0 aliphatic heterocycles. The molecule has 13 heteroatoms. The van der Waals surface area contributed by atoms with Gasteiger partial charge in [0.2, 0.25) is 5.82 Å². The average molecular weight is 557 g/mol. The van der Waals surface area contributed by atoms with E-state index in [9.17, 15) is 0 Å². The van der Waals surface area contributed by atoms with Gasteiger partial charge in [-0.15, -0.1) is 15.3 Å². The van der Waals surface area contributed by atoms with Crippen molar-refractivity contribution in [3.63, 3.8) is 0 Å². The molecular weight excluding hydrogens is 541 g/mol. The number of rotatable bonds is 8. The van der Waals surface area contributed by atoms with Crippen LogP contribution in [0.3, 0.4) is 0 Å². The van der Waals surface area contributed by atoms with Crippen molar-refractivity contribution >= 4 is 40.5 Å². The Morgan fingerprint density at radius 2 is 1.70 bits per heavy atom. The maximum Gasteiger partial charge on any atom is 0.257 e. The predicted molar refractivity (Wildman–Crippen MR) is 137 cm³/mol. The normalized spacial score (nSPS) is 11.5. The molecular formula is C24H16Cl3N7O3. The zero-order chi connectivity index (χ0) is 25.8. The van der Waals surface area contributed by atoms with E-state index in [4.69, 9.17) is 48.8 Å². The Morgan fingerprint density at radius 1 is 0.919 bits per heavy atom. The van der Waals surface area contributed by atoms with Crippen LogP contribution in [0, 0.1) is 0 Å². The summed E-state index contributed by atoms with van der Waals surface area (Å²) in [6.07, 6.45) is 0. The van der Waals surface area contributed by atoms with Crippen molar-refractivity contribution < 1.29 is 14.0 Å². The number of tetrazole rings is 1. The van der Waals surface area contributed by atoms with Crippen LogP contribution in [0.25, 0.3) is 11.5 Å². The summed E-state index contributed by atoms with van der Waals surface area (Å²) in [5.41, 5.74) is 1.73. The van der Waals surface area contributed by atoms with Gasteiger partial charge in [0.15, 0.2) is 12.3 Å². The molecule has 0 radical (unpaired) electrons. The fourth-order valence-electron chi connectivity index (χ4n) is 3.26. The standard InChI is InChI=1S/C24H16Cl3N7O3/c1-34-23(29-32-33-34)22(14-5-3-2-4-6-14)31-35-13-21-28-30-24(37-21)17-9-7-16(26)12-20(17)36-19-10-8-15(25)11-18(19)27/h2-12H,13H2,1H3/b31-22-. The topological polar surface area (TPSA) is 113 Å². The smallest absolute Gasteiger partial charge is 0.257 e. The van der Waals surface area contributed by atoms with Crippen molar-refractivity contribution in [2.24, 2.45) is 12.2 Å². The SMILES string of the molecule is Cn1nnnc1/C(=N\OCc1nnc(-c2ccc(Cl)cc2Oc2ccc(Cl)cc2Cl)o1)c1ccccc1. The molecule has 0 fully saturated rings. The maximum atomic E-state index is 6.26. The van der Waals surface area contributed by atoms with Crippen LogP contribution in [0.4, 0.5) is 0 Å². The molecule has 186 valence electrons. The van der Waals surface area contributed by atoms with Crippen LogP contribution >= 0.6 is 34.8 Å². The van der Waals surface area contributed by atoms with Crippen LogP contribution in [0.5, 0.6) is 11.5 Å². The third-order valence-electron chi connectivity index (χ3n) is 4.98. The van der Waals surface area contributed by atoms with Crippen molar-refractivity contribution in [1.82, 2.24) is 30.4 Å². The molecule has 5 aromatic rings. The van der Waals surface area contributed by atoms with Gasteiger partial charge >= 0.3 is 0 Å². The van der Waals surface area contributed by atoms with E-state index in [2.05, 4.69) is 30.9 Å². The second-order valence-electron chi connectivity index (χ2n) is 7.52. The highest BCUT2D eigenvalue weighted by Crippen LogP contribution is 2.38. The molecule has 2 heterocycles. The minimum Gasteiger partial charge on any atom is -0.455 e. The number of benzene rings is 3. The molecule has 10 nitrogen and oxygen atoms in total. The quantitative estimate of drug-likeness (QED) is 0.169. The first-order chi connectivity index (χ1) is 18.0. The summed E-state index contributed by atoms with van der Waals surface area (Å²) < 4.78 is 13.3. The number of aromatic nitrogens is 6. The molecule has 0 saturated heterocycles. The lowest BCUT2D eigenvalue weighted by Gasteiger charge is -2.11. The molecule has 0 aliphatic rings. The number of aryl methyl sites for hydroxylation is 1. The van der Waals surface area contributed by atoms with E-state index < -0.39 is 0 Å². The summed E-state index contributed by atoms with van der Waals surface area (Å²) in [5, 5.41) is 25.2. The third kappa shape index (κ3) is 5.72. The van der Waals surface area contributed by atoms with E-state index in [1.54, 1.807) is 43.4 Å². The number of hydrogen-bond acceptors (Lipinski definition) is 9. The minimum absolute atomic E-state index is 0.0958. The maximum absolute atomic E-state index is 6.26.